The normalized spacial score (nSPS) is 10.4. The van der Waals surface area contributed by atoms with Gasteiger partial charge in [-0.15, -0.1) is 0 Å². The first kappa shape index (κ1) is 13.0. The second-order valence-corrected chi connectivity index (χ2v) is 4.00. The zero-order chi connectivity index (χ0) is 13.8. The lowest BCUT2D eigenvalue weighted by Crippen LogP contribution is -2.33. The average molecular weight is 262 g/mol. The molecule has 7 heteroatoms. The van der Waals surface area contributed by atoms with E-state index in [1.54, 1.807) is 26.2 Å². The molecule has 0 aliphatic rings. The number of amides is 1. The van der Waals surface area contributed by atoms with E-state index in [1.165, 1.54) is 11.1 Å². The Bertz CT molecular complexity index is 608. The Morgan fingerprint density at radius 1 is 1.42 bits per heavy atom. The van der Waals surface area contributed by atoms with E-state index in [4.69, 9.17) is 4.74 Å². The van der Waals surface area contributed by atoms with Crippen molar-refractivity contribution < 1.29 is 14.3 Å². The number of aromatic nitrogens is 3. The molecule has 0 aromatic carbocycles. The molecule has 0 spiro atoms. The van der Waals surface area contributed by atoms with Gasteiger partial charge in [0.25, 0.3) is 5.91 Å². The molecule has 0 atom stereocenters. The number of likely N-dealkylation sites (N-methyl/N-ethyl adjacent to an activating group) is 1. The van der Waals surface area contributed by atoms with Crippen molar-refractivity contribution in [2.45, 2.75) is 6.92 Å². The van der Waals surface area contributed by atoms with Gasteiger partial charge in [0, 0.05) is 18.6 Å². The van der Waals surface area contributed by atoms with Crippen molar-refractivity contribution in [2.75, 3.05) is 20.2 Å². The van der Waals surface area contributed by atoms with Gasteiger partial charge in [0.1, 0.15) is 6.54 Å². The minimum Gasteiger partial charge on any atom is -0.465 e. The van der Waals surface area contributed by atoms with Gasteiger partial charge >= 0.3 is 5.97 Å². The van der Waals surface area contributed by atoms with Crippen molar-refractivity contribution >= 4 is 22.9 Å². The van der Waals surface area contributed by atoms with E-state index in [1.807, 2.05) is 0 Å². The van der Waals surface area contributed by atoms with Gasteiger partial charge in [0.15, 0.2) is 5.65 Å². The number of ether oxygens (including phenoxy) is 1. The molecule has 100 valence electrons. The Kier molecular flexibility index (Phi) is 3.74. The highest BCUT2D eigenvalue weighted by molar-refractivity contribution is 5.97. The van der Waals surface area contributed by atoms with Crippen LogP contribution in [-0.2, 0) is 9.53 Å². The SMILES string of the molecule is CCOC(=O)CN(C)C(=O)c1cnc2[nH]ncc2c1. The summed E-state index contributed by atoms with van der Waals surface area (Å²) >= 11 is 0. The van der Waals surface area contributed by atoms with Crippen LogP contribution < -0.4 is 0 Å². The number of rotatable bonds is 4. The Morgan fingerprint density at radius 3 is 2.95 bits per heavy atom. The van der Waals surface area contributed by atoms with Crippen LogP contribution in [0.25, 0.3) is 11.0 Å². The Labute approximate surface area is 109 Å². The smallest absolute Gasteiger partial charge is 0.325 e. The number of carbonyl (C=O) groups is 2. The van der Waals surface area contributed by atoms with Gasteiger partial charge in [-0.2, -0.15) is 5.10 Å². The minimum absolute atomic E-state index is 0.0872. The van der Waals surface area contributed by atoms with E-state index >= 15 is 0 Å². The fourth-order valence-electron chi connectivity index (χ4n) is 1.65. The quantitative estimate of drug-likeness (QED) is 0.815. The van der Waals surface area contributed by atoms with Gasteiger partial charge in [0.05, 0.1) is 18.4 Å². The number of aromatic amines is 1. The maximum absolute atomic E-state index is 12.1. The summed E-state index contributed by atoms with van der Waals surface area (Å²) in [6.45, 7) is 1.93. The zero-order valence-electron chi connectivity index (χ0n) is 10.7. The minimum atomic E-state index is -0.435. The van der Waals surface area contributed by atoms with Gasteiger partial charge in [-0.25, -0.2) is 4.98 Å². The van der Waals surface area contributed by atoms with Gasteiger partial charge < -0.3 is 9.64 Å². The largest absolute Gasteiger partial charge is 0.465 e. The van der Waals surface area contributed by atoms with Gasteiger partial charge in [0.2, 0.25) is 0 Å². The van der Waals surface area contributed by atoms with Crippen LogP contribution in [0.2, 0.25) is 0 Å². The molecule has 2 aromatic heterocycles. The third-order valence-corrected chi connectivity index (χ3v) is 2.56. The molecule has 0 fully saturated rings. The molecule has 2 rings (SSSR count). The molecular formula is C12H14N4O3. The fraction of sp³-hybridized carbons (Fsp3) is 0.333. The predicted octanol–water partition coefficient (Wildman–Crippen LogP) is 0.593. The topological polar surface area (TPSA) is 88.2 Å². The van der Waals surface area contributed by atoms with Crippen molar-refractivity contribution in [1.29, 1.82) is 0 Å². The van der Waals surface area contributed by atoms with Crippen LogP contribution in [0.1, 0.15) is 17.3 Å². The van der Waals surface area contributed by atoms with E-state index in [0.717, 1.165) is 5.39 Å². The second-order valence-electron chi connectivity index (χ2n) is 4.00. The highest BCUT2D eigenvalue weighted by atomic mass is 16.5. The van der Waals surface area contributed by atoms with Crippen LogP contribution in [-0.4, -0.2) is 52.2 Å². The molecule has 2 aromatic rings. The van der Waals surface area contributed by atoms with Gasteiger partial charge in [-0.05, 0) is 13.0 Å². The van der Waals surface area contributed by atoms with Crippen molar-refractivity contribution in [1.82, 2.24) is 20.1 Å². The molecule has 0 aliphatic carbocycles. The van der Waals surface area contributed by atoms with E-state index in [9.17, 15) is 9.59 Å². The maximum Gasteiger partial charge on any atom is 0.325 e. The highest BCUT2D eigenvalue weighted by Gasteiger charge is 2.16. The number of hydrogen-bond donors (Lipinski definition) is 1. The zero-order valence-corrected chi connectivity index (χ0v) is 10.7. The van der Waals surface area contributed by atoms with Crippen molar-refractivity contribution in [3.8, 4) is 0 Å². The highest BCUT2D eigenvalue weighted by Crippen LogP contribution is 2.11. The summed E-state index contributed by atoms with van der Waals surface area (Å²) in [5.74, 6) is -0.723. The second kappa shape index (κ2) is 5.47. The van der Waals surface area contributed by atoms with E-state index in [0.29, 0.717) is 17.8 Å². The van der Waals surface area contributed by atoms with Crippen LogP contribution in [0.5, 0.6) is 0 Å². The van der Waals surface area contributed by atoms with Crippen LogP contribution in [0.3, 0.4) is 0 Å². The summed E-state index contributed by atoms with van der Waals surface area (Å²) in [6, 6.07) is 1.68. The summed E-state index contributed by atoms with van der Waals surface area (Å²) in [5, 5.41) is 7.28. The first-order valence-electron chi connectivity index (χ1n) is 5.82. The first-order chi connectivity index (χ1) is 9.11. The van der Waals surface area contributed by atoms with E-state index in [-0.39, 0.29) is 12.5 Å². The Hall–Kier alpha value is -2.44. The van der Waals surface area contributed by atoms with Crippen molar-refractivity contribution in [2.24, 2.45) is 0 Å². The number of nitrogens with zero attached hydrogens (tertiary/aromatic N) is 3. The standard InChI is InChI=1S/C12H14N4O3/c1-3-19-10(17)7-16(2)12(18)9-4-8-6-14-15-11(8)13-5-9/h4-6H,3,7H2,1-2H3,(H,13,14,15). The van der Waals surface area contributed by atoms with Gasteiger partial charge in [-0.3, -0.25) is 14.7 Å². The van der Waals surface area contributed by atoms with E-state index in [2.05, 4.69) is 15.2 Å². The molecule has 19 heavy (non-hydrogen) atoms. The Morgan fingerprint density at radius 2 is 2.21 bits per heavy atom. The molecule has 1 N–H and O–H groups in total. The molecule has 7 nitrogen and oxygen atoms in total. The number of hydrogen-bond acceptors (Lipinski definition) is 5. The fourth-order valence-corrected chi connectivity index (χ4v) is 1.65. The number of nitrogens with one attached hydrogen (secondary N) is 1. The van der Waals surface area contributed by atoms with Gasteiger partial charge in [-0.1, -0.05) is 0 Å². The summed E-state index contributed by atoms with van der Waals surface area (Å²) in [6.07, 6.45) is 3.04. The number of fused-ring (bicyclic) bond motifs is 1. The number of esters is 1. The lowest BCUT2D eigenvalue weighted by atomic mass is 10.2. The molecule has 0 radical (unpaired) electrons. The summed E-state index contributed by atoms with van der Waals surface area (Å²) < 4.78 is 4.79. The molecular weight excluding hydrogens is 248 g/mol. The van der Waals surface area contributed by atoms with Crippen LogP contribution in [0.4, 0.5) is 0 Å². The molecule has 0 aliphatic heterocycles. The Balaban J connectivity index is 2.11. The molecule has 1 amide bonds. The van der Waals surface area contributed by atoms with Crippen molar-refractivity contribution in [3.05, 3.63) is 24.0 Å². The molecule has 0 unspecified atom stereocenters. The monoisotopic (exact) mass is 262 g/mol. The number of H-pyrrole nitrogens is 1. The molecule has 0 bridgehead atoms. The molecule has 2 heterocycles. The summed E-state index contributed by atoms with van der Waals surface area (Å²) in [5.41, 5.74) is 1.02. The first-order valence-corrected chi connectivity index (χ1v) is 5.82. The third kappa shape index (κ3) is 2.87. The van der Waals surface area contributed by atoms with Crippen LogP contribution >= 0.6 is 0 Å². The van der Waals surface area contributed by atoms with Crippen LogP contribution in [0.15, 0.2) is 18.5 Å². The summed E-state index contributed by atoms with van der Waals surface area (Å²) in [7, 11) is 1.54. The lowest BCUT2D eigenvalue weighted by Gasteiger charge is -2.15. The molecule has 0 saturated carbocycles. The third-order valence-electron chi connectivity index (χ3n) is 2.56. The predicted molar refractivity (Wildman–Crippen MR) is 67.5 cm³/mol. The maximum atomic E-state index is 12.1. The van der Waals surface area contributed by atoms with Crippen LogP contribution in [0, 0.1) is 0 Å². The summed E-state index contributed by atoms with van der Waals surface area (Å²) in [4.78, 5) is 28.8. The van der Waals surface area contributed by atoms with Crippen molar-refractivity contribution in [3.63, 3.8) is 0 Å². The lowest BCUT2D eigenvalue weighted by molar-refractivity contribution is -0.143. The van der Waals surface area contributed by atoms with E-state index < -0.39 is 5.97 Å². The number of pyridine rings is 1. The number of carbonyl (C=O) groups excluding carboxylic acids is 2. The molecule has 0 saturated heterocycles. The average Bonchev–Trinajstić information content (AvgIpc) is 2.85.